The van der Waals surface area contributed by atoms with Gasteiger partial charge < -0.3 is 19.9 Å². The number of nitrogens with one attached hydrogen (secondary N) is 1. The van der Waals surface area contributed by atoms with E-state index >= 15 is 0 Å². The fourth-order valence-corrected chi connectivity index (χ4v) is 2.82. The average Bonchev–Trinajstić information content (AvgIpc) is 2.58. The molecule has 5 nitrogen and oxygen atoms in total. The minimum absolute atomic E-state index is 0.0189. The summed E-state index contributed by atoms with van der Waals surface area (Å²) in [5.74, 6) is 0.681. The van der Waals surface area contributed by atoms with Crippen LogP contribution in [0.3, 0.4) is 0 Å². The fourth-order valence-electron chi connectivity index (χ4n) is 2.82. The Morgan fingerprint density at radius 3 is 2.54 bits per heavy atom. The topological polar surface area (TPSA) is 40.1 Å². The van der Waals surface area contributed by atoms with E-state index in [9.17, 15) is 4.39 Å². The predicted molar refractivity (Wildman–Crippen MR) is 105 cm³/mol. The zero-order valence-corrected chi connectivity index (χ0v) is 16.9. The van der Waals surface area contributed by atoms with Crippen molar-refractivity contribution in [1.29, 1.82) is 0 Å². The third-order valence-corrected chi connectivity index (χ3v) is 4.96. The Hall–Kier alpha value is -1.66. The molecule has 1 heterocycles. The van der Waals surface area contributed by atoms with Crippen molar-refractivity contribution in [2.75, 3.05) is 40.3 Å². The quantitative estimate of drug-likeness (QED) is 0.644. The zero-order valence-electron chi connectivity index (χ0n) is 16.9. The molecule has 0 aromatic heterocycles. The van der Waals surface area contributed by atoms with Crippen LogP contribution in [0.25, 0.3) is 0 Å². The van der Waals surface area contributed by atoms with E-state index in [1.165, 1.54) is 12.1 Å². The maximum Gasteiger partial charge on any atom is 0.194 e. The fraction of sp³-hybridized carbons (Fsp3) is 0.650. The molecule has 0 amide bonds. The summed E-state index contributed by atoms with van der Waals surface area (Å²) in [5.41, 5.74) is 0.974. The molecule has 0 radical (unpaired) electrons. The average molecular weight is 365 g/mol. The maximum atomic E-state index is 13.2. The molecule has 1 aliphatic heterocycles. The van der Waals surface area contributed by atoms with E-state index in [-0.39, 0.29) is 23.6 Å². The van der Waals surface area contributed by atoms with E-state index < -0.39 is 0 Å². The standard InChI is InChI=1S/C20H33FN4O/c1-7-22-19(23-14-20(3,4)24(5)6)25-12-15(2)26-18(13-25)16-8-10-17(21)11-9-16/h8-11,15,18H,7,12-14H2,1-6H3,(H,22,23). The lowest BCUT2D eigenvalue weighted by molar-refractivity contribution is -0.0605. The minimum atomic E-state index is -0.227. The Bertz CT molecular complexity index is 600. The van der Waals surface area contributed by atoms with Crippen molar-refractivity contribution in [3.05, 3.63) is 35.6 Å². The molecular weight excluding hydrogens is 331 g/mol. The molecule has 6 heteroatoms. The van der Waals surface area contributed by atoms with Crippen LogP contribution in [0, 0.1) is 5.82 Å². The highest BCUT2D eigenvalue weighted by Gasteiger charge is 2.29. The Morgan fingerprint density at radius 1 is 1.31 bits per heavy atom. The second kappa shape index (κ2) is 8.82. The number of nitrogens with zero attached hydrogens (tertiary/aromatic N) is 3. The van der Waals surface area contributed by atoms with Gasteiger partial charge in [0.05, 0.1) is 19.2 Å². The number of aliphatic imine (C=N–C) groups is 1. The molecule has 1 fully saturated rings. The SMILES string of the molecule is CCNC(=NCC(C)(C)N(C)C)N1CC(C)OC(c2ccc(F)cc2)C1. The first-order valence-corrected chi connectivity index (χ1v) is 9.34. The van der Waals surface area contributed by atoms with Crippen molar-refractivity contribution >= 4 is 5.96 Å². The Balaban J connectivity index is 2.17. The number of guanidine groups is 1. The highest BCUT2D eigenvalue weighted by atomic mass is 19.1. The van der Waals surface area contributed by atoms with Gasteiger partial charge in [0.25, 0.3) is 0 Å². The van der Waals surface area contributed by atoms with E-state index in [0.29, 0.717) is 13.1 Å². The lowest BCUT2D eigenvalue weighted by atomic mass is 10.1. The number of likely N-dealkylation sites (N-methyl/N-ethyl adjacent to an activating group) is 1. The molecule has 1 N–H and O–H groups in total. The molecule has 0 saturated carbocycles. The number of hydrogen-bond donors (Lipinski definition) is 1. The lowest BCUT2D eigenvalue weighted by Gasteiger charge is -2.39. The van der Waals surface area contributed by atoms with Crippen LogP contribution in [-0.2, 0) is 4.74 Å². The third kappa shape index (κ3) is 5.42. The summed E-state index contributed by atoms with van der Waals surface area (Å²) < 4.78 is 19.3. The van der Waals surface area contributed by atoms with E-state index in [1.807, 2.05) is 0 Å². The van der Waals surface area contributed by atoms with Crippen LogP contribution < -0.4 is 5.32 Å². The van der Waals surface area contributed by atoms with Crippen LogP contribution >= 0.6 is 0 Å². The van der Waals surface area contributed by atoms with Crippen LogP contribution in [0.5, 0.6) is 0 Å². The highest BCUT2D eigenvalue weighted by Crippen LogP contribution is 2.25. The van der Waals surface area contributed by atoms with Gasteiger partial charge in [0.15, 0.2) is 5.96 Å². The number of morpholine rings is 1. The molecule has 26 heavy (non-hydrogen) atoms. The number of halogens is 1. The summed E-state index contributed by atoms with van der Waals surface area (Å²) in [6.07, 6.45) is -0.0189. The largest absolute Gasteiger partial charge is 0.367 e. The molecule has 1 aliphatic rings. The summed E-state index contributed by atoms with van der Waals surface area (Å²) in [6.45, 7) is 11.5. The van der Waals surface area contributed by atoms with Gasteiger partial charge in [-0.3, -0.25) is 4.99 Å². The third-order valence-electron chi connectivity index (χ3n) is 4.96. The molecule has 2 atom stereocenters. The lowest BCUT2D eigenvalue weighted by Crippen LogP contribution is -2.51. The Kier molecular flexibility index (Phi) is 7.01. The van der Waals surface area contributed by atoms with Gasteiger partial charge >= 0.3 is 0 Å². The number of ether oxygens (including phenoxy) is 1. The normalized spacial score (nSPS) is 22.0. The van der Waals surface area contributed by atoms with Gasteiger partial charge in [0, 0.05) is 18.6 Å². The van der Waals surface area contributed by atoms with Crippen molar-refractivity contribution in [3.8, 4) is 0 Å². The van der Waals surface area contributed by atoms with Crippen LogP contribution in [0.1, 0.15) is 39.4 Å². The Labute approximate surface area is 157 Å². The summed E-state index contributed by atoms with van der Waals surface area (Å²) in [5, 5.41) is 3.41. The van der Waals surface area contributed by atoms with Crippen molar-refractivity contribution in [1.82, 2.24) is 15.1 Å². The van der Waals surface area contributed by atoms with E-state index in [0.717, 1.165) is 24.6 Å². The van der Waals surface area contributed by atoms with Crippen LogP contribution in [0.15, 0.2) is 29.3 Å². The van der Waals surface area contributed by atoms with E-state index in [2.05, 4.69) is 56.9 Å². The van der Waals surface area contributed by atoms with E-state index in [1.54, 1.807) is 12.1 Å². The van der Waals surface area contributed by atoms with Crippen LogP contribution in [0.4, 0.5) is 4.39 Å². The zero-order chi connectivity index (χ0) is 19.3. The first-order valence-electron chi connectivity index (χ1n) is 9.34. The molecule has 146 valence electrons. The molecule has 1 aromatic rings. The first kappa shape index (κ1) is 20.6. The number of rotatable bonds is 5. The smallest absolute Gasteiger partial charge is 0.194 e. The van der Waals surface area contributed by atoms with E-state index in [4.69, 9.17) is 9.73 Å². The molecule has 0 spiro atoms. The van der Waals surface area contributed by atoms with Gasteiger partial charge in [-0.1, -0.05) is 12.1 Å². The molecule has 2 unspecified atom stereocenters. The van der Waals surface area contributed by atoms with Gasteiger partial charge in [-0.15, -0.1) is 0 Å². The summed E-state index contributed by atoms with van der Waals surface area (Å²) in [4.78, 5) is 9.31. The Morgan fingerprint density at radius 2 is 1.96 bits per heavy atom. The van der Waals surface area contributed by atoms with Gasteiger partial charge in [-0.25, -0.2) is 4.39 Å². The van der Waals surface area contributed by atoms with Crippen molar-refractivity contribution < 1.29 is 9.13 Å². The van der Waals surface area contributed by atoms with Crippen LogP contribution in [0.2, 0.25) is 0 Å². The summed E-state index contributed by atoms with van der Waals surface area (Å²) in [6, 6.07) is 6.58. The molecular formula is C20H33FN4O. The monoisotopic (exact) mass is 364 g/mol. The summed E-state index contributed by atoms with van der Waals surface area (Å²) in [7, 11) is 4.15. The number of hydrogen-bond acceptors (Lipinski definition) is 3. The molecule has 2 rings (SSSR count). The predicted octanol–water partition coefficient (Wildman–Crippen LogP) is 2.89. The van der Waals surface area contributed by atoms with Crippen molar-refractivity contribution in [2.24, 2.45) is 4.99 Å². The molecule has 0 aliphatic carbocycles. The van der Waals surface area contributed by atoms with Gasteiger partial charge in [0.2, 0.25) is 0 Å². The van der Waals surface area contributed by atoms with Crippen LogP contribution in [-0.4, -0.2) is 67.7 Å². The first-order chi connectivity index (χ1) is 12.2. The van der Waals surface area contributed by atoms with Gasteiger partial charge in [-0.2, -0.15) is 0 Å². The van der Waals surface area contributed by atoms with Crippen molar-refractivity contribution in [3.63, 3.8) is 0 Å². The van der Waals surface area contributed by atoms with Gasteiger partial charge in [-0.05, 0) is 59.5 Å². The maximum absolute atomic E-state index is 13.2. The highest BCUT2D eigenvalue weighted by molar-refractivity contribution is 5.80. The molecule has 1 saturated heterocycles. The second-order valence-electron chi connectivity index (χ2n) is 7.77. The summed E-state index contributed by atoms with van der Waals surface area (Å²) >= 11 is 0. The number of benzene rings is 1. The minimum Gasteiger partial charge on any atom is -0.367 e. The molecule has 0 bridgehead atoms. The molecule has 1 aromatic carbocycles. The second-order valence-corrected chi connectivity index (χ2v) is 7.77. The van der Waals surface area contributed by atoms with Crippen molar-refractivity contribution in [2.45, 2.75) is 45.4 Å². The van der Waals surface area contributed by atoms with Gasteiger partial charge in [0.1, 0.15) is 11.9 Å².